The molecule has 1 aromatic carbocycles. The SMILES string of the molecule is Cn1cnc(CCNS(=O)(=O)c2cc(Br)ccc2Br)n1. The predicted octanol–water partition coefficient (Wildman–Crippen LogP) is 1.86. The van der Waals surface area contributed by atoms with Gasteiger partial charge in [-0.05, 0) is 34.1 Å². The fraction of sp³-hybridized carbons (Fsp3) is 0.273. The van der Waals surface area contributed by atoms with E-state index in [4.69, 9.17) is 0 Å². The molecule has 0 radical (unpaired) electrons. The van der Waals surface area contributed by atoms with Crippen molar-refractivity contribution in [2.75, 3.05) is 6.54 Å². The molecule has 1 N–H and O–H groups in total. The van der Waals surface area contributed by atoms with Gasteiger partial charge in [-0.1, -0.05) is 15.9 Å². The summed E-state index contributed by atoms with van der Waals surface area (Å²) in [5, 5.41) is 4.09. The molecule has 0 saturated carbocycles. The van der Waals surface area contributed by atoms with E-state index in [0.717, 1.165) is 0 Å². The quantitative estimate of drug-likeness (QED) is 0.796. The van der Waals surface area contributed by atoms with Gasteiger partial charge < -0.3 is 0 Å². The van der Waals surface area contributed by atoms with Crippen molar-refractivity contribution in [3.8, 4) is 0 Å². The molecule has 0 saturated heterocycles. The predicted molar refractivity (Wildman–Crippen MR) is 81.7 cm³/mol. The molecule has 0 aliphatic rings. The Morgan fingerprint density at radius 3 is 2.75 bits per heavy atom. The Kier molecular flexibility index (Phi) is 4.95. The van der Waals surface area contributed by atoms with Crippen LogP contribution in [0.2, 0.25) is 0 Å². The molecule has 6 nitrogen and oxygen atoms in total. The van der Waals surface area contributed by atoms with E-state index in [9.17, 15) is 8.42 Å². The molecule has 20 heavy (non-hydrogen) atoms. The largest absolute Gasteiger partial charge is 0.256 e. The van der Waals surface area contributed by atoms with Crippen LogP contribution in [0.25, 0.3) is 0 Å². The minimum absolute atomic E-state index is 0.195. The van der Waals surface area contributed by atoms with Gasteiger partial charge in [0.2, 0.25) is 10.0 Å². The standard InChI is InChI=1S/C11H12Br2N4O2S/c1-17-7-14-11(16-17)4-5-15-20(18,19)10-6-8(12)2-3-9(10)13/h2-3,6-7,15H,4-5H2,1H3. The van der Waals surface area contributed by atoms with Gasteiger partial charge in [-0.3, -0.25) is 4.68 Å². The zero-order chi connectivity index (χ0) is 14.8. The van der Waals surface area contributed by atoms with Gasteiger partial charge in [0.05, 0.1) is 4.90 Å². The van der Waals surface area contributed by atoms with Gasteiger partial charge in [0.25, 0.3) is 0 Å². The number of hydrogen-bond acceptors (Lipinski definition) is 4. The highest BCUT2D eigenvalue weighted by atomic mass is 79.9. The number of aromatic nitrogens is 3. The molecule has 0 bridgehead atoms. The third kappa shape index (κ3) is 3.87. The van der Waals surface area contributed by atoms with Crippen LogP contribution in [0.5, 0.6) is 0 Å². The summed E-state index contributed by atoms with van der Waals surface area (Å²) in [5.41, 5.74) is 0. The smallest absolute Gasteiger partial charge is 0.241 e. The molecule has 9 heteroatoms. The Hall–Kier alpha value is -0.770. The Bertz CT molecular complexity index is 715. The van der Waals surface area contributed by atoms with Crippen LogP contribution in [0.3, 0.4) is 0 Å². The summed E-state index contributed by atoms with van der Waals surface area (Å²) >= 11 is 6.50. The fourth-order valence-electron chi connectivity index (χ4n) is 1.56. The summed E-state index contributed by atoms with van der Waals surface area (Å²) in [5.74, 6) is 0.600. The van der Waals surface area contributed by atoms with Crippen molar-refractivity contribution in [2.45, 2.75) is 11.3 Å². The Morgan fingerprint density at radius 2 is 2.10 bits per heavy atom. The second kappa shape index (κ2) is 6.33. The van der Waals surface area contributed by atoms with Gasteiger partial charge in [-0.2, -0.15) is 5.10 Å². The van der Waals surface area contributed by atoms with Gasteiger partial charge in [-0.25, -0.2) is 18.1 Å². The Morgan fingerprint density at radius 1 is 1.35 bits per heavy atom. The fourth-order valence-corrected chi connectivity index (χ4v) is 4.09. The molecule has 2 aromatic rings. The lowest BCUT2D eigenvalue weighted by Crippen LogP contribution is -2.26. The molecule has 0 fully saturated rings. The number of benzene rings is 1. The van der Waals surface area contributed by atoms with Gasteiger partial charge >= 0.3 is 0 Å². The summed E-state index contributed by atoms with van der Waals surface area (Å²) in [6.45, 7) is 0.241. The van der Waals surface area contributed by atoms with Crippen LogP contribution in [0.4, 0.5) is 0 Å². The number of aryl methyl sites for hydroxylation is 1. The molecule has 0 aliphatic carbocycles. The first kappa shape index (κ1) is 15.6. The number of hydrogen-bond donors (Lipinski definition) is 1. The van der Waals surface area contributed by atoms with E-state index in [0.29, 0.717) is 21.2 Å². The Labute approximate surface area is 133 Å². The normalized spacial score (nSPS) is 11.8. The highest BCUT2D eigenvalue weighted by molar-refractivity contribution is 9.11. The zero-order valence-electron chi connectivity index (χ0n) is 10.5. The Balaban J connectivity index is 2.06. The molecule has 1 aromatic heterocycles. The highest BCUT2D eigenvalue weighted by Gasteiger charge is 2.17. The maximum Gasteiger partial charge on any atom is 0.241 e. The number of nitrogens with zero attached hydrogens (tertiary/aromatic N) is 3. The van der Waals surface area contributed by atoms with Gasteiger partial charge in [-0.15, -0.1) is 0 Å². The summed E-state index contributed by atoms with van der Waals surface area (Å²) < 4.78 is 29.7. The highest BCUT2D eigenvalue weighted by Crippen LogP contribution is 2.25. The molecular formula is C11H12Br2N4O2S. The molecule has 0 unspecified atom stereocenters. The van der Waals surface area contributed by atoms with Crippen LogP contribution in [0, 0.1) is 0 Å². The monoisotopic (exact) mass is 422 g/mol. The third-order valence-electron chi connectivity index (χ3n) is 2.47. The lowest BCUT2D eigenvalue weighted by Gasteiger charge is -2.08. The van der Waals surface area contributed by atoms with Crippen molar-refractivity contribution >= 4 is 41.9 Å². The van der Waals surface area contributed by atoms with E-state index >= 15 is 0 Å². The average molecular weight is 424 g/mol. The van der Waals surface area contributed by atoms with E-state index in [-0.39, 0.29) is 11.4 Å². The van der Waals surface area contributed by atoms with E-state index in [1.54, 1.807) is 36.3 Å². The molecule has 108 valence electrons. The maximum absolute atomic E-state index is 12.2. The molecular weight excluding hydrogens is 412 g/mol. The van der Waals surface area contributed by atoms with Gasteiger partial charge in [0.15, 0.2) is 5.82 Å². The maximum atomic E-state index is 12.2. The molecule has 2 rings (SSSR count). The van der Waals surface area contributed by atoms with E-state index < -0.39 is 10.0 Å². The summed E-state index contributed by atoms with van der Waals surface area (Å²) in [7, 11) is -1.80. The van der Waals surface area contributed by atoms with Gasteiger partial charge in [0.1, 0.15) is 6.33 Å². The average Bonchev–Trinajstić information content (AvgIpc) is 2.78. The minimum atomic E-state index is -3.57. The van der Waals surface area contributed by atoms with E-state index in [1.807, 2.05) is 0 Å². The molecule has 0 amide bonds. The zero-order valence-corrected chi connectivity index (χ0v) is 14.5. The second-order valence-corrected chi connectivity index (χ2v) is 7.56. The number of halogens is 2. The number of sulfonamides is 1. The first-order valence-corrected chi connectivity index (χ1v) is 8.74. The minimum Gasteiger partial charge on any atom is -0.256 e. The molecule has 0 aliphatic heterocycles. The lowest BCUT2D eigenvalue weighted by atomic mass is 10.4. The van der Waals surface area contributed by atoms with Crippen molar-refractivity contribution in [1.29, 1.82) is 0 Å². The molecule has 1 heterocycles. The summed E-state index contributed by atoms with van der Waals surface area (Å²) in [6.07, 6.45) is 2.01. The molecule has 0 atom stereocenters. The van der Waals surface area contributed by atoms with Crippen molar-refractivity contribution in [1.82, 2.24) is 19.5 Å². The van der Waals surface area contributed by atoms with Crippen molar-refractivity contribution in [3.63, 3.8) is 0 Å². The lowest BCUT2D eigenvalue weighted by molar-refractivity contribution is 0.580. The van der Waals surface area contributed by atoms with Crippen LogP contribution in [0.1, 0.15) is 5.82 Å². The van der Waals surface area contributed by atoms with Crippen LogP contribution in [-0.2, 0) is 23.5 Å². The number of rotatable bonds is 5. The van der Waals surface area contributed by atoms with Crippen LogP contribution in [-0.4, -0.2) is 29.7 Å². The number of nitrogens with one attached hydrogen (secondary N) is 1. The van der Waals surface area contributed by atoms with Crippen LogP contribution >= 0.6 is 31.9 Å². The molecule has 0 spiro atoms. The van der Waals surface area contributed by atoms with Crippen molar-refractivity contribution in [2.24, 2.45) is 7.05 Å². The van der Waals surface area contributed by atoms with Crippen molar-refractivity contribution < 1.29 is 8.42 Å². The van der Waals surface area contributed by atoms with Gasteiger partial charge in [0, 0.05) is 29.0 Å². The first-order chi connectivity index (χ1) is 9.38. The first-order valence-electron chi connectivity index (χ1n) is 5.68. The van der Waals surface area contributed by atoms with E-state index in [2.05, 4.69) is 46.7 Å². The third-order valence-corrected chi connectivity index (χ3v) is 5.42. The topological polar surface area (TPSA) is 76.9 Å². The van der Waals surface area contributed by atoms with Crippen LogP contribution in [0.15, 0.2) is 38.4 Å². The second-order valence-electron chi connectivity index (χ2n) is 4.06. The van der Waals surface area contributed by atoms with Crippen LogP contribution < -0.4 is 4.72 Å². The summed E-state index contributed by atoms with van der Waals surface area (Å²) in [6, 6.07) is 4.99. The van der Waals surface area contributed by atoms with E-state index in [1.165, 1.54) is 0 Å². The van der Waals surface area contributed by atoms with Crippen molar-refractivity contribution in [3.05, 3.63) is 39.3 Å². The summed E-state index contributed by atoms with van der Waals surface area (Å²) in [4.78, 5) is 4.24.